The zero-order valence-electron chi connectivity index (χ0n) is 12.6. The van der Waals surface area contributed by atoms with Gasteiger partial charge in [0.05, 0.1) is 6.42 Å². The van der Waals surface area contributed by atoms with Crippen LogP contribution in [-0.2, 0) is 24.1 Å². The Kier molecular flexibility index (Phi) is 5.98. The van der Waals surface area contributed by atoms with Gasteiger partial charge in [0, 0.05) is 5.69 Å². The summed E-state index contributed by atoms with van der Waals surface area (Å²) in [5.41, 5.74) is 11.7. The minimum atomic E-state index is -0.394. The van der Waals surface area contributed by atoms with Crippen LogP contribution < -0.4 is 11.2 Å². The van der Waals surface area contributed by atoms with Gasteiger partial charge in [-0.15, -0.1) is 0 Å². The molecule has 0 atom stereocenters. The van der Waals surface area contributed by atoms with Gasteiger partial charge in [-0.05, 0) is 54.5 Å². The van der Waals surface area contributed by atoms with Crippen molar-refractivity contribution >= 4 is 11.6 Å². The number of amides is 1. The number of hydroxylamine groups is 1. The van der Waals surface area contributed by atoms with Crippen molar-refractivity contribution < 1.29 is 10.0 Å². The van der Waals surface area contributed by atoms with E-state index in [4.69, 9.17) is 10.9 Å². The van der Waals surface area contributed by atoms with Crippen LogP contribution in [-0.4, -0.2) is 11.1 Å². The third-order valence-electron chi connectivity index (χ3n) is 3.64. The summed E-state index contributed by atoms with van der Waals surface area (Å²) in [6.07, 6.45) is 4.50. The summed E-state index contributed by atoms with van der Waals surface area (Å²) in [6, 6.07) is 16.0. The fourth-order valence-corrected chi connectivity index (χ4v) is 2.46. The lowest BCUT2D eigenvalue weighted by Gasteiger charge is -2.05. The number of nitrogens with one attached hydrogen (secondary N) is 1. The number of carbonyl (C=O) groups is 1. The third-order valence-corrected chi connectivity index (χ3v) is 3.64. The minimum absolute atomic E-state index is 0.201. The summed E-state index contributed by atoms with van der Waals surface area (Å²) >= 11 is 0. The topological polar surface area (TPSA) is 75.4 Å². The molecular formula is C18H22N2O2. The molecule has 0 spiro atoms. The molecule has 0 unspecified atom stereocenters. The van der Waals surface area contributed by atoms with Crippen molar-refractivity contribution in [2.24, 2.45) is 0 Å². The van der Waals surface area contributed by atoms with Crippen LogP contribution in [0.3, 0.4) is 0 Å². The molecule has 0 fully saturated rings. The van der Waals surface area contributed by atoms with Crippen LogP contribution in [0.5, 0.6) is 0 Å². The van der Waals surface area contributed by atoms with Crippen molar-refractivity contribution in [3.05, 3.63) is 65.2 Å². The number of rotatable bonds is 7. The molecule has 0 aliphatic rings. The number of benzene rings is 2. The lowest BCUT2D eigenvalue weighted by Crippen LogP contribution is -2.20. The highest BCUT2D eigenvalue weighted by molar-refractivity contribution is 5.77. The van der Waals surface area contributed by atoms with Crippen LogP contribution in [0.1, 0.15) is 29.5 Å². The molecule has 0 aliphatic heterocycles. The van der Waals surface area contributed by atoms with E-state index in [-0.39, 0.29) is 6.42 Å². The van der Waals surface area contributed by atoms with Crippen LogP contribution in [0.15, 0.2) is 48.5 Å². The first-order valence-corrected chi connectivity index (χ1v) is 7.52. The van der Waals surface area contributed by atoms with Crippen LogP contribution in [0.4, 0.5) is 5.69 Å². The molecule has 4 heteroatoms. The molecule has 116 valence electrons. The third kappa shape index (κ3) is 5.22. The van der Waals surface area contributed by atoms with Gasteiger partial charge in [-0.1, -0.05) is 36.4 Å². The standard InChI is InChI=1S/C18H22N2O2/c19-17-7-3-6-15(12-17)5-2-1-4-14-8-10-16(11-9-14)13-18(21)20-22/h3,6-12,22H,1-2,4-5,13,19H2,(H,20,21). The zero-order chi connectivity index (χ0) is 15.8. The summed E-state index contributed by atoms with van der Waals surface area (Å²) < 4.78 is 0. The van der Waals surface area contributed by atoms with E-state index in [2.05, 4.69) is 6.07 Å². The largest absolute Gasteiger partial charge is 0.399 e. The molecule has 4 nitrogen and oxygen atoms in total. The summed E-state index contributed by atoms with van der Waals surface area (Å²) in [4.78, 5) is 11.1. The van der Waals surface area contributed by atoms with E-state index in [9.17, 15) is 4.79 Å². The number of nitrogens with two attached hydrogens (primary N) is 1. The molecular weight excluding hydrogens is 276 g/mol. The molecule has 2 aromatic carbocycles. The highest BCUT2D eigenvalue weighted by atomic mass is 16.5. The maximum Gasteiger partial charge on any atom is 0.247 e. The van der Waals surface area contributed by atoms with E-state index < -0.39 is 5.91 Å². The molecule has 0 bridgehead atoms. The summed E-state index contributed by atoms with van der Waals surface area (Å²) in [5.74, 6) is -0.394. The first-order chi connectivity index (χ1) is 10.7. The second-order valence-electron chi connectivity index (χ2n) is 5.48. The minimum Gasteiger partial charge on any atom is -0.399 e. The Morgan fingerprint density at radius 1 is 0.955 bits per heavy atom. The van der Waals surface area contributed by atoms with Gasteiger partial charge >= 0.3 is 0 Å². The van der Waals surface area contributed by atoms with Crippen LogP contribution in [0, 0.1) is 0 Å². The summed E-state index contributed by atoms with van der Waals surface area (Å²) in [5, 5.41) is 8.50. The number of hydrogen-bond acceptors (Lipinski definition) is 3. The fraction of sp³-hybridized carbons (Fsp3) is 0.278. The Labute approximate surface area is 130 Å². The van der Waals surface area contributed by atoms with Crippen LogP contribution in [0.2, 0.25) is 0 Å². The molecule has 0 saturated carbocycles. The van der Waals surface area contributed by atoms with Gasteiger partial charge < -0.3 is 5.73 Å². The molecule has 22 heavy (non-hydrogen) atoms. The first-order valence-electron chi connectivity index (χ1n) is 7.52. The smallest absolute Gasteiger partial charge is 0.247 e. The van der Waals surface area contributed by atoms with Crippen molar-refractivity contribution in [3.63, 3.8) is 0 Å². The molecule has 0 saturated heterocycles. The molecule has 2 rings (SSSR count). The second-order valence-corrected chi connectivity index (χ2v) is 5.48. The molecule has 0 aromatic heterocycles. The van der Waals surface area contributed by atoms with E-state index >= 15 is 0 Å². The highest BCUT2D eigenvalue weighted by Crippen LogP contribution is 2.13. The fourth-order valence-electron chi connectivity index (χ4n) is 2.46. The Morgan fingerprint density at radius 3 is 2.23 bits per heavy atom. The molecule has 1 amide bonds. The Balaban J connectivity index is 1.74. The van der Waals surface area contributed by atoms with Crippen molar-refractivity contribution in [1.29, 1.82) is 0 Å². The van der Waals surface area contributed by atoms with Crippen molar-refractivity contribution in [2.45, 2.75) is 32.1 Å². The monoisotopic (exact) mass is 298 g/mol. The van der Waals surface area contributed by atoms with Crippen molar-refractivity contribution in [1.82, 2.24) is 5.48 Å². The van der Waals surface area contributed by atoms with E-state index in [0.717, 1.165) is 36.9 Å². The Hall–Kier alpha value is -2.33. The average molecular weight is 298 g/mol. The predicted octanol–water partition coefficient (Wildman–Crippen LogP) is 2.88. The van der Waals surface area contributed by atoms with Gasteiger partial charge in [-0.2, -0.15) is 0 Å². The van der Waals surface area contributed by atoms with E-state index in [0.29, 0.717) is 0 Å². The van der Waals surface area contributed by atoms with Crippen LogP contribution in [0.25, 0.3) is 0 Å². The Morgan fingerprint density at radius 2 is 1.59 bits per heavy atom. The van der Waals surface area contributed by atoms with Crippen molar-refractivity contribution in [2.75, 3.05) is 5.73 Å². The molecule has 0 radical (unpaired) electrons. The van der Waals surface area contributed by atoms with E-state index in [1.54, 1.807) is 5.48 Å². The second kappa shape index (κ2) is 8.20. The maximum absolute atomic E-state index is 11.1. The van der Waals surface area contributed by atoms with Crippen molar-refractivity contribution in [3.8, 4) is 0 Å². The molecule has 2 aromatic rings. The normalized spacial score (nSPS) is 10.4. The highest BCUT2D eigenvalue weighted by Gasteiger charge is 2.02. The lowest BCUT2D eigenvalue weighted by molar-refractivity contribution is -0.128. The summed E-state index contributed by atoms with van der Waals surface area (Å²) in [6.45, 7) is 0. The zero-order valence-corrected chi connectivity index (χ0v) is 12.6. The lowest BCUT2D eigenvalue weighted by atomic mass is 10.0. The SMILES string of the molecule is Nc1cccc(CCCCc2ccc(CC(=O)NO)cc2)c1. The quantitative estimate of drug-likeness (QED) is 0.318. The molecule has 0 heterocycles. The van der Waals surface area contributed by atoms with Gasteiger partial charge in [0.1, 0.15) is 0 Å². The number of carbonyl (C=O) groups excluding carboxylic acids is 1. The number of nitrogen functional groups attached to an aromatic ring is 1. The number of aryl methyl sites for hydroxylation is 2. The van der Waals surface area contributed by atoms with Gasteiger partial charge in [-0.25, -0.2) is 5.48 Å². The number of anilines is 1. The predicted molar refractivity (Wildman–Crippen MR) is 87.6 cm³/mol. The summed E-state index contributed by atoms with van der Waals surface area (Å²) in [7, 11) is 0. The van der Waals surface area contributed by atoms with Crippen LogP contribution >= 0.6 is 0 Å². The van der Waals surface area contributed by atoms with Gasteiger partial charge in [0.2, 0.25) is 5.91 Å². The maximum atomic E-state index is 11.1. The van der Waals surface area contributed by atoms with Gasteiger partial charge in [-0.3, -0.25) is 10.0 Å². The Bertz CT molecular complexity index is 609. The number of hydrogen-bond donors (Lipinski definition) is 3. The van der Waals surface area contributed by atoms with E-state index in [1.807, 2.05) is 42.5 Å². The van der Waals surface area contributed by atoms with Gasteiger partial charge in [0.15, 0.2) is 0 Å². The van der Waals surface area contributed by atoms with Gasteiger partial charge in [0.25, 0.3) is 0 Å². The number of unbranched alkanes of at least 4 members (excludes halogenated alkanes) is 1. The van der Waals surface area contributed by atoms with E-state index in [1.165, 1.54) is 11.1 Å². The molecule has 4 N–H and O–H groups in total. The average Bonchev–Trinajstić information content (AvgIpc) is 2.53. The first kappa shape index (κ1) is 16.0. The molecule has 0 aliphatic carbocycles.